The van der Waals surface area contributed by atoms with E-state index >= 15 is 0 Å². The highest BCUT2D eigenvalue weighted by molar-refractivity contribution is 5.79. The summed E-state index contributed by atoms with van der Waals surface area (Å²) in [7, 11) is 0. The van der Waals surface area contributed by atoms with Crippen molar-refractivity contribution in [3.8, 4) is 11.4 Å². The number of hydrogen-bond donors (Lipinski definition) is 1. The molecule has 0 radical (unpaired) electrons. The first kappa shape index (κ1) is 19.9. The van der Waals surface area contributed by atoms with E-state index in [4.69, 9.17) is 9.97 Å². The largest absolute Gasteiger partial charge is 0.356 e. The quantitative estimate of drug-likeness (QED) is 0.807. The van der Waals surface area contributed by atoms with E-state index in [9.17, 15) is 4.79 Å². The maximum absolute atomic E-state index is 12.5. The predicted molar refractivity (Wildman–Crippen MR) is 117 cm³/mol. The van der Waals surface area contributed by atoms with Crippen LogP contribution in [0.5, 0.6) is 0 Å². The zero-order chi connectivity index (χ0) is 20.2. The zero-order valence-corrected chi connectivity index (χ0v) is 17.7. The minimum atomic E-state index is 0.127. The SMILES string of the molecule is CC(C)CCNC(=O)C1CCN(c2nc(-c3ccccc3)nc3c2CCC3)CC1. The van der Waals surface area contributed by atoms with Crippen LogP contribution in [0, 0.1) is 11.8 Å². The average molecular weight is 393 g/mol. The first-order chi connectivity index (χ1) is 14.1. The van der Waals surface area contributed by atoms with Crippen molar-refractivity contribution >= 4 is 11.7 Å². The Bertz CT molecular complexity index is 841. The van der Waals surface area contributed by atoms with Crippen LogP contribution < -0.4 is 10.2 Å². The lowest BCUT2D eigenvalue weighted by atomic mass is 9.95. The van der Waals surface area contributed by atoms with E-state index in [1.807, 2.05) is 18.2 Å². The van der Waals surface area contributed by atoms with E-state index in [1.54, 1.807) is 0 Å². The van der Waals surface area contributed by atoms with Crippen LogP contribution in [-0.4, -0.2) is 35.5 Å². The Hall–Kier alpha value is -2.43. The maximum Gasteiger partial charge on any atom is 0.223 e. The number of nitrogens with one attached hydrogen (secondary N) is 1. The fourth-order valence-corrected chi connectivity index (χ4v) is 4.37. The number of anilines is 1. The molecule has 0 saturated carbocycles. The summed E-state index contributed by atoms with van der Waals surface area (Å²) < 4.78 is 0. The number of carbonyl (C=O) groups is 1. The van der Waals surface area contributed by atoms with Gasteiger partial charge in [0.15, 0.2) is 5.82 Å². The van der Waals surface area contributed by atoms with Gasteiger partial charge in [0.2, 0.25) is 5.91 Å². The summed E-state index contributed by atoms with van der Waals surface area (Å²) >= 11 is 0. The second kappa shape index (κ2) is 8.93. The van der Waals surface area contributed by atoms with E-state index in [1.165, 1.54) is 11.3 Å². The van der Waals surface area contributed by atoms with Gasteiger partial charge in [-0.25, -0.2) is 9.97 Å². The summed E-state index contributed by atoms with van der Waals surface area (Å²) in [6, 6.07) is 10.3. The Morgan fingerprint density at radius 1 is 1.14 bits per heavy atom. The van der Waals surface area contributed by atoms with Crippen LogP contribution in [0.4, 0.5) is 5.82 Å². The Morgan fingerprint density at radius 3 is 2.62 bits per heavy atom. The standard InChI is InChI=1S/C24H32N4O/c1-17(2)11-14-25-24(29)19-12-15-28(16-13-19)23-20-9-6-10-21(20)26-22(27-23)18-7-4-3-5-8-18/h3-5,7-8,17,19H,6,9-16H2,1-2H3,(H,25,29). The van der Waals surface area contributed by atoms with E-state index in [0.29, 0.717) is 5.92 Å². The molecule has 4 rings (SSSR count). The maximum atomic E-state index is 12.5. The fourth-order valence-electron chi connectivity index (χ4n) is 4.37. The van der Waals surface area contributed by atoms with Crippen molar-refractivity contribution in [1.29, 1.82) is 0 Å². The summed E-state index contributed by atoms with van der Waals surface area (Å²) in [4.78, 5) is 24.7. The predicted octanol–water partition coefficient (Wildman–Crippen LogP) is 4.01. The summed E-state index contributed by atoms with van der Waals surface area (Å²) in [5.41, 5.74) is 3.61. The minimum absolute atomic E-state index is 0.127. The number of nitrogens with zero attached hydrogens (tertiary/aromatic N) is 3. The van der Waals surface area contributed by atoms with Crippen LogP contribution in [-0.2, 0) is 17.6 Å². The lowest BCUT2D eigenvalue weighted by Gasteiger charge is -2.33. The minimum Gasteiger partial charge on any atom is -0.356 e. The molecule has 1 aliphatic heterocycles. The number of hydrogen-bond acceptors (Lipinski definition) is 4. The van der Waals surface area contributed by atoms with Crippen molar-refractivity contribution in [3.05, 3.63) is 41.6 Å². The summed E-state index contributed by atoms with van der Waals surface area (Å²) in [5, 5.41) is 3.13. The molecule has 29 heavy (non-hydrogen) atoms. The molecule has 154 valence electrons. The number of aryl methyl sites for hydroxylation is 1. The van der Waals surface area contributed by atoms with Gasteiger partial charge in [0.25, 0.3) is 0 Å². The molecule has 1 aromatic heterocycles. The first-order valence-corrected chi connectivity index (χ1v) is 11.1. The number of piperidine rings is 1. The van der Waals surface area contributed by atoms with Gasteiger partial charge in [-0.2, -0.15) is 0 Å². The van der Waals surface area contributed by atoms with E-state index in [0.717, 1.165) is 75.4 Å². The van der Waals surface area contributed by atoms with Gasteiger partial charge in [0.05, 0.1) is 0 Å². The number of rotatable bonds is 6. The van der Waals surface area contributed by atoms with E-state index < -0.39 is 0 Å². The number of carbonyl (C=O) groups excluding carboxylic acids is 1. The Kier molecular flexibility index (Phi) is 6.12. The smallest absolute Gasteiger partial charge is 0.223 e. The normalized spacial score (nSPS) is 16.9. The lowest BCUT2D eigenvalue weighted by molar-refractivity contribution is -0.125. The number of amides is 1. The molecule has 2 aliphatic rings. The number of fused-ring (bicyclic) bond motifs is 1. The third-order valence-corrected chi connectivity index (χ3v) is 6.13. The third kappa shape index (κ3) is 4.60. The number of benzene rings is 1. The van der Waals surface area contributed by atoms with Crippen LogP contribution in [0.2, 0.25) is 0 Å². The van der Waals surface area contributed by atoms with Crippen LogP contribution >= 0.6 is 0 Å². The highest BCUT2D eigenvalue weighted by Crippen LogP contribution is 2.33. The topological polar surface area (TPSA) is 58.1 Å². The molecule has 1 saturated heterocycles. The van der Waals surface area contributed by atoms with Crippen molar-refractivity contribution in [2.45, 2.75) is 52.4 Å². The van der Waals surface area contributed by atoms with Crippen LogP contribution in [0.15, 0.2) is 30.3 Å². The molecule has 5 heteroatoms. The molecule has 0 atom stereocenters. The van der Waals surface area contributed by atoms with Crippen LogP contribution in [0.1, 0.15) is 50.8 Å². The van der Waals surface area contributed by atoms with Gasteiger partial charge in [0.1, 0.15) is 5.82 Å². The van der Waals surface area contributed by atoms with Gasteiger partial charge in [-0.3, -0.25) is 4.79 Å². The summed E-state index contributed by atoms with van der Waals surface area (Å²) in [6.45, 7) is 6.94. The Balaban J connectivity index is 1.46. The molecule has 0 unspecified atom stereocenters. The van der Waals surface area contributed by atoms with Gasteiger partial charge in [-0.1, -0.05) is 44.2 Å². The van der Waals surface area contributed by atoms with Gasteiger partial charge >= 0.3 is 0 Å². The van der Waals surface area contributed by atoms with Gasteiger partial charge in [-0.15, -0.1) is 0 Å². The molecular weight excluding hydrogens is 360 g/mol. The van der Waals surface area contributed by atoms with Crippen LogP contribution in [0.3, 0.4) is 0 Å². The molecule has 1 N–H and O–H groups in total. The Labute approximate surface area is 173 Å². The Morgan fingerprint density at radius 2 is 1.90 bits per heavy atom. The van der Waals surface area contributed by atoms with Crippen molar-refractivity contribution in [2.75, 3.05) is 24.5 Å². The third-order valence-electron chi connectivity index (χ3n) is 6.13. The van der Waals surface area contributed by atoms with Crippen molar-refractivity contribution in [2.24, 2.45) is 11.8 Å². The molecule has 2 aromatic rings. The fraction of sp³-hybridized carbons (Fsp3) is 0.542. The second-order valence-corrected chi connectivity index (χ2v) is 8.75. The van der Waals surface area contributed by atoms with Crippen molar-refractivity contribution < 1.29 is 4.79 Å². The molecule has 1 aliphatic carbocycles. The average Bonchev–Trinajstić information content (AvgIpc) is 3.22. The molecule has 5 nitrogen and oxygen atoms in total. The van der Waals surface area contributed by atoms with Gasteiger partial charge in [-0.05, 0) is 44.4 Å². The van der Waals surface area contributed by atoms with Crippen molar-refractivity contribution in [3.63, 3.8) is 0 Å². The molecule has 1 amide bonds. The lowest BCUT2D eigenvalue weighted by Crippen LogP contribution is -2.41. The molecular formula is C24H32N4O. The highest BCUT2D eigenvalue weighted by atomic mass is 16.1. The summed E-state index contributed by atoms with van der Waals surface area (Å²) in [5.74, 6) is 2.90. The van der Waals surface area contributed by atoms with Gasteiger partial charge < -0.3 is 10.2 Å². The molecule has 0 spiro atoms. The summed E-state index contributed by atoms with van der Waals surface area (Å²) in [6.07, 6.45) is 6.10. The second-order valence-electron chi connectivity index (χ2n) is 8.75. The van der Waals surface area contributed by atoms with E-state index in [-0.39, 0.29) is 11.8 Å². The molecule has 1 aromatic carbocycles. The monoisotopic (exact) mass is 392 g/mol. The molecule has 1 fully saturated rings. The molecule has 0 bridgehead atoms. The van der Waals surface area contributed by atoms with Crippen LogP contribution in [0.25, 0.3) is 11.4 Å². The van der Waals surface area contributed by atoms with Crippen molar-refractivity contribution in [1.82, 2.24) is 15.3 Å². The van der Waals surface area contributed by atoms with Gasteiger partial charge in [0, 0.05) is 42.4 Å². The number of aromatic nitrogens is 2. The zero-order valence-electron chi connectivity index (χ0n) is 17.7. The highest BCUT2D eigenvalue weighted by Gasteiger charge is 2.29. The first-order valence-electron chi connectivity index (χ1n) is 11.1. The van der Waals surface area contributed by atoms with E-state index in [2.05, 4.69) is 36.2 Å². The molecule has 2 heterocycles.